The molecule has 0 aliphatic carbocycles. The summed E-state index contributed by atoms with van der Waals surface area (Å²) in [7, 11) is 0. The summed E-state index contributed by atoms with van der Waals surface area (Å²) >= 11 is 0. The van der Waals surface area contributed by atoms with E-state index in [0.29, 0.717) is 13.0 Å². The van der Waals surface area contributed by atoms with E-state index < -0.39 is 0 Å². The van der Waals surface area contributed by atoms with Gasteiger partial charge in [0.2, 0.25) is 5.91 Å². The number of rotatable bonds is 6. The summed E-state index contributed by atoms with van der Waals surface area (Å²) in [4.78, 5) is 12.8. The number of anilines is 1. The number of carbonyl (C=O) groups is 1. The molecule has 0 unspecified atom stereocenters. The van der Waals surface area contributed by atoms with Crippen molar-refractivity contribution in [3.63, 3.8) is 0 Å². The van der Waals surface area contributed by atoms with Gasteiger partial charge in [-0.3, -0.25) is 4.79 Å². The molecule has 1 aliphatic rings. The summed E-state index contributed by atoms with van der Waals surface area (Å²) in [6.45, 7) is 1.44. The molecule has 1 aliphatic heterocycles. The number of benzene rings is 3. The maximum Gasteiger partial charge on any atom is 0.225 e. The number of nitrogens with one attached hydrogen (secondary N) is 1. The van der Waals surface area contributed by atoms with Crippen molar-refractivity contribution in [3.05, 3.63) is 108 Å². The van der Waals surface area contributed by atoms with E-state index in [0.717, 1.165) is 29.8 Å². The van der Waals surface area contributed by atoms with E-state index in [-0.39, 0.29) is 11.8 Å². The van der Waals surface area contributed by atoms with Gasteiger partial charge in [0.1, 0.15) is 0 Å². The lowest BCUT2D eigenvalue weighted by atomic mass is 9.88. The van der Waals surface area contributed by atoms with Crippen molar-refractivity contribution in [1.82, 2.24) is 0 Å². The number of hydrogen-bond donors (Lipinski definition) is 1. The Morgan fingerprint density at radius 2 is 1.48 bits per heavy atom. The number of amides is 1. The minimum absolute atomic E-state index is 0.0146. The lowest BCUT2D eigenvalue weighted by Crippen LogP contribution is -2.16. The van der Waals surface area contributed by atoms with E-state index in [1.807, 2.05) is 48.5 Å². The third-order valence-corrected chi connectivity index (χ3v) is 5.30. The predicted molar refractivity (Wildman–Crippen MR) is 118 cm³/mol. The Labute approximate surface area is 172 Å². The zero-order chi connectivity index (χ0) is 19.9. The van der Waals surface area contributed by atoms with Gasteiger partial charge in [0, 0.05) is 18.0 Å². The molecule has 4 rings (SSSR count). The summed E-state index contributed by atoms with van der Waals surface area (Å²) in [6.07, 6.45) is 3.46. The van der Waals surface area contributed by atoms with Gasteiger partial charge in [0.25, 0.3) is 0 Å². The molecule has 0 fully saturated rings. The van der Waals surface area contributed by atoms with Gasteiger partial charge in [-0.15, -0.1) is 0 Å². The maximum absolute atomic E-state index is 12.8. The zero-order valence-corrected chi connectivity index (χ0v) is 16.4. The van der Waals surface area contributed by atoms with E-state index in [4.69, 9.17) is 4.74 Å². The van der Waals surface area contributed by atoms with Crippen LogP contribution in [0.4, 0.5) is 5.69 Å². The van der Waals surface area contributed by atoms with Gasteiger partial charge in [0.05, 0.1) is 13.2 Å². The number of hydrogen-bond acceptors (Lipinski definition) is 2. The molecule has 3 nitrogen and oxygen atoms in total. The zero-order valence-electron chi connectivity index (χ0n) is 16.4. The smallest absolute Gasteiger partial charge is 0.225 e. The second-order valence-corrected chi connectivity index (χ2v) is 7.26. The molecule has 3 aromatic carbocycles. The minimum atomic E-state index is 0.0146. The van der Waals surface area contributed by atoms with Gasteiger partial charge < -0.3 is 10.1 Å². The first-order chi connectivity index (χ1) is 14.3. The van der Waals surface area contributed by atoms with Crippen molar-refractivity contribution in [2.24, 2.45) is 0 Å². The fourth-order valence-electron chi connectivity index (χ4n) is 3.75. The fourth-order valence-corrected chi connectivity index (χ4v) is 3.75. The highest BCUT2D eigenvalue weighted by Gasteiger charge is 2.18. The number of ether oxygens (including phenoxy) is 1. The van der Waals surface area contributed by atoms with Gasteiger partial charge in [-0.25, -0.2) is 0 Å². The van der Waals surface area contributed by atoms with Crippen LogP contribution in [0, 0.1) is 0 Å². The van der Waals surface area contributed by atoms with E-state index in [9.17, 15) is 4.79 Å². The third-order valence-electron chi connectivity index (χ3n) is 5.30. The Kier molecular flexibility index (Phi) is 6.18. The van der Waals surface area contributed by atoms with Crippen LogP contribution in [0.15, 0.2) is 91.0 Å². The van der Waals surface area contributed by atoms with E-state index in [1.165, 1.54) is 11.1 Å². The van der Waals surface area contributed by atoms with Crippen molar-refractivity contribution in [2.45, 2.75) is 18.8 Å². The SMILES string of the molecule is O=C(CC(c1ccccc1)c1ccccc1)Nc1ccc(C2=CCOCC2)cc1. The Balaban J connectivity index is 1.46. The standard InChI is InChI=1S/C26H25NO2/c28-26(27-24-13-11-20(12-14-24)21-15-17-29-18-16-21)19-25(22-7-3-1-4-8-22)23-9-5-2-6-10-23/h1-15,25H,16-19H2,(H,27,28). The Hall–Kier alpha value is -3.17. The summed E-state index contributed by atoms with van der Waals surface area (Å²) < 4.78 is 5.37. The van der Waals surface area contributed by atoms with Crippen molar-refractivity contribution in [2.75, 3.05) is 18.5 Å². The highest BCUT2D eigenvalue weighted by molar-refractivity contribution is 5.91. The topological polar surface area (TPSA) is 38.3 Å². The molecule has 0 saturated heterocycles. The molecular weight excluding hydrogens is 358 g/mol. The first kappa shape index (κ1) is 19.2. The Morgan fingerprint density at radius 3 is 2.03 bits per heavy atom. The van der Waals surface area contributed by atoms with Gasteiger partial charge in [-0.1, -0.05) is 78.9 Å². The van der Waals surface area contributed by atoms with Gasteiger partial charge in [0.15, 0.2) is 0 Å². The van der Waals surface area contributed by atoms with Crippen molar-refractivity contribution in [3.8, 4) is 0 Å². The van der Waals surface area contributed by atoms with Crippen molar-refractivity contribution in [1.29, 1.82) is 0 Å². The average molecular weight is 383 g/mol. The molecule has 1 amide bonds. The lowest BCUT2D eigenvalue weighted by Gasteiger charge is -2.18. The fraction of sp³-hybridized carbons (Fsp3) is 0.192. The molecule has 0 saturated carbocycles. The molecule has 29 heavy (non-hydrogen) atoms. The molecule has 0 radical (unpaired) electrons. The monoisotopic (exact) mass is 383 g/mol. The van der Waals surface area contributed by atoms with Gasteiger partial charge >= 0.3 is 0 Å². The first-order valence-electron chi connectivity index (χ1n) is 10.1. The molecule has 0 bridgehead atoms. The quantitative estimate of drug-likeness (QED) is 0.597. The van der Waals surface area contributed by atoms with Crippen LogP contribution >= 0.6 is 0 Å². The first-order valence-corrected chi connectivity index (χ1v) is 10.1. The van der Waals surface area contributed by atoms with Crippen molar-refractivity contribution < 1.29 is 9.53 Å². The molecular formula is C26H25NO2. The normalized spacial score (nSPS) is 13.8. The summed E-state index contributed by atoms with van der Waals surface area (Å²) in [6, 6.07) is 28.5. The van der Waals surface area contributed by atoms with Crippen LogP contribution in [0.2, 0.25) is 0 Å². The molecule has 146 valence electrons. The maximum atomic E-state index is 12.8. The third kappa shape index (κ3) is 5.01. The molecule has 0 spiro atoms. The van der Waals surface area contributed by atoms with E-state index >= 15 is 0 Å². The van der Waals surface area contributed by atoms with Crippen molar-refractivity contribution >= 4 is 17.2 Å². The van der Waals surface area contributed by atoms with Crippen LogP contribution in [-0.4, -0.2) is 19.1 Å². The molecule has 0 aromatic heterocycles. The van der Waals surface area contributed by atoms with E-state index in [2.05, 4.69) is 47.8 Å². The lowest BCUT2D eigenvalue weighted by molar-refractivity contribution is -0.116. The van der Waals surface area contributed by atoms with Gasteiger partial charge in [-0.05, 0) is 40.8 Å². The second kappa shape index (κ2) is 9.35. The van der Waals surface area contributed by atoms with Crippen LogP contribution in [-0.2, 0) is 9.53 Å². The molecule has 0 atom stereocenters. The highest BCUT2D eigenvalue weighted by Crippen LogP contribution is 2.28. The minimum Gasteiger partial charge on any atom is -0.377 e. The van der Waals surface area contributed by atoms with Crippen LogP contribution in [0.1, 0.15) is 35.4 Å². The predicted octanol–water partition coefficient (Wildman–Crippen LogP) is 5.65. The van der Waals surface area contributed by atoms with E-state index in [1.54, 1.807) is 0 Å². The van der Waals surface area contributed by atoms with Crippen LogP contribution in [0.3, 0.4) is 0 Å². The van der Waals surface area contributed by atoms with Crippen LogP contribution < -0.4 is 5.32 Å². The highest BCUT2D eigenvalue weighted by atomic mass is 16.5. The largest absolute Gasteiger partial charge is 0.377 e. The Morgan fingerprint density at radius 1 is 0.862 bits per heavy atom. The summed E-state index contributed by atoms with van der Waals surface area (Å²) in [5.74, 6) is 0.0461. The molecule has 3 aromatic rings. The second-order valence-electron chi connectivity index (χ2n) is 7.26. The van der Waals surface area contributed by atoms with Crippen LogP contribution in [0.5, 0.6) is 0 Å². The molecule has 1 N–H and O–H groups in total. The summed E-state index contributed by atoms with van der Waals surface area (Å²) in [5.41, 5.74) is 5.62. The Bertz CT molecular complexity index is 923. The van der Waals surface area contributed by atoms with Gasteiger partial charge in [-0.2, -0.15) is 0 Å². The number of carbonyl (C=O) groups excluding carboxylic acids is 1. The van der Waals surface area contributed by atoms with Crippen LogP contribution in [0.25, 0.3) is 5.57 Å². The molecule has 3 heteroatoms. The molecule has 1 heterocycles. The average Bonchev–Trinajstić information content (AvgIpc) is 2.80. The summed E-state index contributed by atoms with van der Waals surface area (Å²) in [5, 5.41) is 3.06.